The Morgan fingerprint density at radius 3 is 2.51 bits per heavy atom. The quantitative estimate of drug-likeness (QED) is 0.368. The van der Waals surface area contributed by atoms with Crippen molar-refractivity contribution < 1.29 is 27.5 Å². The summed E-state index contributed by atoms with van der Waals surface area (Å²) in [6, 6.07) is 15.2. The van der Waals surface area contributed by atoms with E-state index in [-0.39, 0.29) is 34.5 Å². The largest absolute Gasteiger partial charge is 0.439 e. The predicted molar refractivity (Wildman–Crippen MR) is 124 cm³/mol. The lowest BCUT2D eigenvalue weighted by Gasteiger charge is -2.13. The van der Waals surface area contributed by atoms with Crippen molar-refractivity contribution in [1.82, 2.24) is 9.97 Å². The standard InChI is InChI=1S/C25H19F3N4O3/c1-14-6-7-17(13-21(14)25(26,27)28)31-23(34)20-5-3-4-16-12-18(8-9-19(16)20)35-22-10-11-29-24(32-22)30-15(2)33/h3-13H,1-2H3,(H,31,34)(H,29,30,32,33). The van der Waals surface area contributed by atoms with E-state index < -0.39 is 17.6 Å². The summed E-state index contributed by atoms with van der Waals surface area (Å²) in [5.74, 6) is -0.136. The lowest BCUT2D eigenvalue weighted by atomic mass is 10.0. The van der Waals surface area contributed by atoms with E-state index in [0.29, 0.717) is 16.5 Å². The van der Waals surface area contributed by atoms with Crippen LogP contribution in [0.1, 0.15) is 28.4 Å². The number of ether oxygens (including phenoxy) is 1. The first kappa shape index (κ1) is 23.7. The molecule has 2 N–H and O–H groups in total. The van der Waals surface area contributed by atoms with E-state index >= 15 is 0 Å². The van der Waals surface area contributed by atoms with Gasteiger partial charge in [-0.2, -0.15) is 18.2 Å². The third-order valence-corrected chi connectivity index (χ3v) is 5.04. The molecular weight excluding hydrogens is 461 g/mol. The summed E-state index contributed by atoms with van der Waals surface area (Å²) in [6.45, 7) is 2.70. The summed E-state index contributed by atoms with van der Waals surface area (Å²) >= 11 is 0. The third kappa shape index (κ3) is 5.55. The van der Waals surface area contributed by atoms with Gasteiger partial charge in [0.2, 0.25) is 17.7 Å². The van der Waals surface area contributed by atoms with Gasteiger partial charge in [-0.15, -0.1) is 0 Å². The molecule has 0 unspecified atom stereocenters. The van der Waals surface area contributed by atoms with E-state index in [9.17, 15) is 22.8 Å². The van der Waals surface area contributed by atoms with Crippen LogP contribution in [0.5, 0.6) is 11.6 Å². The van der Waals surface area contributed by atoms with Gasteiger partial charge in [0.1, 0.15) is 5.75 Å². The molecule has 1 aromatic heterocycles. The summed E-state index contributed by atoms with van der Waals surface area (Å²) in [7, 11) is 0. The van der Waals surface area contributed by atoms with Gasteiger partial charge in [0.15, 0.2) is 0 Å². The first-order chi connectivity index (χ1) is 16.6. The summed E-state index contributed by atoms with van der Waals surface area (Å²) in [4.78, 5) is 32.1. The molecule has 3 aromatic carbocycles. The lowest BCUT2D eigenvalue weighted by Crippen LogP contribution is -2.14. The van der Waals surface area contributed by atoms with Crippen molar-refractivity contribution in [2.75, 3.05) is 10.6 Å². The molecule has 0 atom stereocenters. The molecule has 0 aliphatic rings. The average Bonchev–Trinajstić information content (AvgIpc) is 2.79. The van der Waals surface area contributed by atoms with Gasteiger partial charge >= 0.3 is 6.18 Å². The van der Waals surface area contributed by atoms with Crippen LogP contribution >= 0.6 is 0 Å². The van der Waals surface area contributed by atoms with E-state index in [0.717, 1.165) is 6.07 Å². The fourth-order valence-corrected chi connectivity index (χ4v) is 3.46. The number of benzene rings is 3. The zero-order chi connectivity index (χ0) is 25.2. The highest BCUT2D eigenvalue weighted by molar-refractivity contribution is 6.13. The summed E-state index contributed by atoms with van der Waals surface area (Å²) in [5, 5.41) is 6.27. The topological polar surface area (TPSA) is 93.2 Å². The highest BCUT2D eigenvalue weighted by atomic mass is 19.4. The first-order valence-electron chi connectivity index (χ1n) is 10.4. The molecule has 0 bridgehead atoms. The number of fused-ring (bicyclic) bond motifs is 1. The number of anilines is 2. The number of hydrogen-bond donors (Lipinski definition) is 2. The van der Waals surface area contributed by atoms with Gasteiger partial charge in [0.25, 0.3) is 5.91 Å². The molecule has 0 radical (unpaired) electrons. The Labute approximate surface area is 198 Å². The van der Waals surface area contributed by atoms with Crippen molar-refractivity contribution >= 4 is 34.2 Å². The van der Waals surface area contributed by atoms with E-state index in [1.54, 1.807) is 36.4 Å². The minimum Gasteiger partial charge on any atom is -0.439 e. The maximum Gasteiger partial charge on any atom is 0.416 e. The number of aryl methyl sites for hydroxylation is 1. The normalized spacial score (nSPS) is 11.2. The number of rotatable bonds is 5. The highest BCUT2D eigenvalue weighted by Crippen LogP contribution is 2.34. The number of nitrogens with one attached hydrogen (secondary N) is 2. The second-order valence-electron chi connectivity index (χ2n) is 7.67. The van der Waals surface area contributed by atoms with Gasteiger partial charge in [0.05, 0.1) is 5.56 Å². The monoisotopic (exact) mass is 480 g/mol. The molecule has 4 rings (SSSR count). The van der Waals surface area contributed by atoms with Gasteiger partial charge in [0, 0.05) is 30.4 Å². The number of carbonyl (C=O) groups is 2. The fraction of sp³-hybridized carbons (Fsp3) is 0.120. The van der Waals surface area contributed by atoms with Gasteiger partial charge in [-0.05, 0) is 59.7 Å². The van der Waals surface area contributed by atoms with Gasteiger partial charge < -0.3 is 10.1 Å². The van der Waals surface area contributed by atoms with Crippen molar-refractivity contribution in [2.45, 2.75) is 20.0 Å². The van der Waals surface area contributed by atoms with Crippen LogP contribution in [-0.2, 0) is 11.0 Å². The van der Waals surface area contributed by atoms with Gasteiger partial charge in [-0.25, -0.2) is 4.98 Å². The number of nitrogens with zero attached hydrogens (tertiary/aromatic N) is 2. The van der Waals surface area contributed by atoms with Gasteiger partial charge in [-0.3, -0.25) is 14.9 Å². The maximum atomic E-state index is 13.2. The van der Waals surface area contributed by atoms with Crippen LogP contribution in [0.3, 0.4) is 0 Å². The maximum absolute atomic E-state index is 13.2. The summed E-state index contributed by atoms with van der Waals surface area (Å²) in [5.41, 5.74) is -0.399. The minimum atomic E-state index is -4.52. The Hall–Kier alpha value is -4.47. The highest BCUT2D eigenvalue weighted by Gasteiger charge is 2.32. The van der Waals surface area contributed by atoms with Crippen molar-refractivity contribution in [1.29, 1.82) is 0 Å². The van der Waals surface area contributed by atoms with Crippen LogP contribution in [0.25, 0.3) is 10.8 Å². The number of aromatic nitrogens is 2. The first-order valence-corrected chi connectivity index (χ1v) is 10.4. The van der Waals surface area contributed by atoms with Gasteiger partial charge in [-0.1, -0.05) is 18.2 Å². The molecule has 4 aromatic rings. The van der Waals surface area contributed by atoms with Crippen LogP contribution in [0, 0.1) is 6.92 Å². The molecule has 0 spiro atoms. The second-order valence-corrected chi connectivity index (χ2v) is 7.67. The molecule has 0 saturated carbocycles. The molecule has 0 fully saturated rings. The Morgan fingerprint density at radius 2 is 1.77 bits per heavy atom. The smallest absolute Gasteiger partial charge is 0.416 e. The van der Waals surface area contributed by atoms with Crippen LogP contribution in [-0.4, -0.2) is 21.8 Å². The summed E-state index contributed by atoms with van der Waals surface area (Å²) in [6.07, 6.45) is -3.08. The molecule has 10 heteroatoms. The number of amides is 2. The second kappa shape index (κ2) is 9.41. The van der Waals surface area contributed by atoms with Crippen LogP contribution in [0.15, 0.2) is 66.9 Å². The summed E-state index contributed by atoms with van der Waals surface area (Å²) < 4.78 is 45.4. The van der Waals surface area contributed by atoms with Crippen LogP contribution < -0.4 is 15.4 Å². The fourth-order valence-electron chi connectivity index (χ4n) is 3.46. The Kier molecular flexibility index (Phi) is 6.37. The molecule has 178 valence electrons. The third-order valence-electron chi connectivity index (χ3n) is 5.04. The minimum absolute atomic E-state index is 0.0450. The van der Waals surface area contributed by atoms with E-state index in [1.165, 1.54) is 38.2 Å². The van der Waals surface area contributed by atoms with Crippen LogP contribution in [0.2, 0.25) is 0 Å². The Bertz CT molecular complexity index is 1440. The zero-order valence-electron chi connectivity index (χ0n) is 18.6. The van der Waals surface area contributed by atoms with E-state index in [1.807, 2.05) is 0 Å². The molecule has 35 heavy (non-hydrogen) atoms. The SMILES string of the molecule is CC(=O)Nc1nccc(Oc2ccc3c(C(=O)Nc4ccc(C)c(C(F)(F)F)c4)cccc3c2)n1. The Balaban J connectivity index is 1.58. The zero-order valence-corrected chi connectivity index (χ0v) is 18.6. The number of alkyl halides is 3. The molecule has 0 aliphatic carbocycles. The van der Waals surface area contributed by atoms with Crippen molar-refractivity contribution in [3.63, 3.8) is 0 Å². The molecule has 2 amide bonds. The van der Waals surface area contributed by atoms with Crippen LogP contribution in [0.4, 0.5) is 24.8 Å². The number of hydrogen-bond acceptors (Lipinski definition) is 5. The molecule has 1 heterocycles. The molecule has 7 nitrogen and oxygen atoms in total. The van der Waals surface area contributed by atoms with E-state index in [2.05, 4.69) is 20.6 Å². The average molecular weight is 480 g/mol. The van der Waals surface area contributed by atoms with Crippen molar-refractivity contribution in [2.24, 2.45) is 0 Å². The lowest BCUT2D eigenvalue weighted by molar-refractivity contribution is -0.138. The van der Waals surface area contributed by atoms with E-state index in [4.69, 9.17) is 4.74 Å². The van der Waals surface area contributed by atoms with Crippen molar-refractivity contribution in [3.8, 4) is 11.6 Å². The predicted octanol–water partition coefficient (Wildman–Crippen LogP) is 5.96. The Morgan fingerprint density at radius 1 is 0.971 bits per heavy atom. The van der Waals surface area contributed by atoms with Crippen molar-refractivity contribution in [3.05, 3.63) is 83.6 Å². The number of halogens is 3. The molecule has 0 saturated heterocycles. The molecular formula is C25H19F3N4O3. The number of carbonyl (C=O) groups excluding carboxylic acids is 2. The molecule has 0 aliphatic heterocycles.